The fraction of sp³-hybridized carbons (Fsp3) is 0.316. The SMILES string of the molecule is COc1cccc(NC(N)=NCC2(c3ccc(F)cc3)CCC2)c1. The van der Waals surface area contributed by atoms with Crippen LogP contribution in [-0.4, -0.2) is 19.6 Å². The molecule has 0 bridgehead atoms. The van der Waals surface area contributed by atoms with Gasteiger partial charge in [0.25, 0.3) is 0 Å². The minimum Gasteiger partial charge on any atom is -0.497 e. The first-order valence-electron chi connectivity index (χ1n) is 8.08. The molecule has 5 heteroatoms. The average Bonchev–Trinajstić information content (AvgIpc) is 2.55. The van der Waals surface area contributed by atoms with Gasteiger partial charge in [-0.25, -0.2) is 4.39 Å². The van der Waals surface area contributed by atoms with Gasteiger partial charge in [0.15, 0.2) is 5.96 Å². The summed E-state index contributed by atoms with van der Waals surface area (Å²) in [5.41, 5.74) is 7.97. The molecule has 1 aliphatic carbocycles. The van der Waals surface area contributed by atoms with Gasteiger partial charge < -0.3 is 15.8 Å². The molecular formula is C19H22FN3O. The molecule has 0 saturated heterocycles. The second kappa shape index (κ2) is 6.91. The second-order valence-electron chi connectivity index (χ2n) is 6.20. The average molecular weight is 327 g/mol. The number of halogens is 1. The van der Waals surface area contributed by atoms with Crippen molar-refractivity contribution in [3.8, 4) is 5.75 Å². The van der Waals surface area contributed by atoms with Crippen LogP contribution in [0.5, 0.6) is 5.75 Å². The van der Waals surface area contributed by atoms with Gasteiger partial charge >= 0.3 is 0 Å². The number of guanidine groups is 1. The number of nitrogens with two attached hydrogens (primary N) is 1. The maximum Gasteiger partial charge on any atom is 0.193 e. The molecule has 126 valence electrons. The van der Waals surface area contributed by atoms with Gasteiger partial charge in [0.2, 0.25) is 0 Å². The molecule has 3 rings (SSSR count). The highest BCUT2D eigenvalue weighted by Crippen LogP contribution is 2.44. The van der Waals surface area contributed by atoms with Crippen molar-refractivity contribution in [2.24, 2.45) is 10.7 Å². The Labute approximate surface area is 141 Å². The minimum atomic E-state index is -0.212. The Morgan fingerprint density at radius 1 is 1.25 bits per heavy atom. The molecule has 1 saturated carbocycles. The Morgan fingerprint density at radius 2 is 2.00 bits per heavy atom. The van der Waals surface area contributed by atoms with Crippen LogP contribution in [0.4, 0.5) is 10.1 Å². The Kier molecular flexibility index (Phi) is 4.69. The molecule has 1 aliphatic rings. The Bertz CT molecular complexity index is 724. The van der Waals surface area contributed by atoms with Crippen LogP contribution in [-0.2, 0) is 5.41 Å². The summed E-state index contributed by atoms with van der Waals surface area (Å²) in [5.74, 6) is 0.919. The fourth-order valence-electron chi connectivity index (χ4n) is 3.07. The predicted molar refractivity (Wildman–Crippen MR) is 95.0 cm³/mol. The van der Waals surface area contributed by atoms with Gasteiger partial charge in [-0.15, -0.1) is 0 Å². The van der Waals surface area contributed by atoms with Gasteiger partial charge in [-0.05, 0) is 42.7 Å². The smallest absolute Gasteiger partial charge is 0.193 e. The summed E-state index contributed by atoms with van der Waals surface area (Å²) in [7, 11) is 1.62. The number of benzene rings is 2. The van der Waals surface area contributed by atoms with Crippen molar-refractivity contribution in [3.05, 3.63) is 59.9 Å². The maximum atomic E-state index is 13.1. The number of hydrogen-bond donors (Lipinski definition) is 2. The second-order valence-corrected chi connectivity index (χ2v) is 6.20. The molecule has 0 spiro atoms. The molecular weight excluding hydrogens is 305 g/mol. The number of nitrogens with zero attached hydrogens (tertiary/aromatic N) is 1. The van der Waals surface area contributed by atoms with E-state index in [1.165, 1.54) is 12.1 Å². The topological polar surface area (TPSA) is 59.6 Å². The van der Waals surface area contributed by atoms with E-state index < -0.39 is 0 Å². The highest BCUT2D eigenvalue weighted by atomic mass is 19.1. The lowest BCUT2D eigenvalue weighted by atomic mass is 9.64. The number of rotatable bonds is 5. The van der Waals surface area contributed by atoms with Gasteiger partial charge in [-0.3, -0.25) is 4.99 Å². The van der Waals surface area contributed by atoms with Crippen molar-refractivity contribution in [3.63, 3.8) is 0 Å². The molecule has 0 unspecified atom stereocenters. The third kappa shape index (κ3) is 3.50. The molecule has 2 aromatic carbocycles. The van der Waals surface area contributed by atoms with E-state index in [2.05, 4.69) is 10.3 Å². The monoisotopic (exact) mass is 327 g/mol. The molecule has 0 aromatic heterocycles. The van der Waals surface area contributed by atoms with E-state index in [0.29, 0.717) is 12.5 Å². The lowest BCUT2D eigenvalue weighted by molar-refractivity contribution is 0.253. The van der Waals surface area contributed by atoms with Gasteiger partial charge in [0.1, 0.15) is 11.6 Å². The van der Waals surface area contributed by atoms with E-state index in [4.69, 9.17) is 10.5 Å². The van der Waals surface area contributed by atoms with Gasteiger partial charge in [0, 0.05) is 17.2 Å². The number of ether oxygens (including phenoxy) is 1. The van der Waals surface area contributed by atoms with E-state index in [0.717, 1.165) is 36.3 Å². The summed E-state index contributed by atoms with van der Waals surface area (Å²) in [6, 6.07) is 14.3. The van der Waals surface area contributed by atoms with E-state index >= 15 is 0 Å². The Morgan fingerprint density at radius 3 is 2.62 bits per heavy atom. The van der Waals surface area contributed by atoms with Crippen molar-refractivity contribution < 1.29 is 9.13 Å². The Balaban J connectivity index is 1.69. The number of methoxy groups -OCH3 is 1. The molecule has 0 atom stereocenters. The number of nitrogens with one attached hydrogen (secondary N) is 1. The van der Waals surface area contributed by atoms with Gasteiger partial charge in [-0.1, -0.05) is 24.6 Å². The van der Waals surface area contributed by atoms with Crippen LogP contribution in [0.1, 0.15) is 24.8 Å². The number of hydrogen-bond acceptors (Lipinski definition) is 2. The first kappa shape index (κ1) is 16.3. The van der Waals surface area contributed by atoms with Crippen molar-refractivity contribution in [1.29, 1.82) is 0 Å². The van der Waals surface area contributed by atoms with Crippen molar-refractivity contribution >= 4 is 11.6 Å². The van der Waals surface area contributed by atoms with Crippen LogP contribution in [0.25, 0.3) is 0 Å². The van der Waals surface area contributed by atoms with Crippen LogP contribution < -0.4 is 15.8 Å². The minimum absolute atomic E-state index is 0.0195. The molecule has 0 heterocycles. The highest BCUT2D eigenvalue weighted by molar-refractivity contribution is 5.92. The first-order chi connectivity index (χ1) is 11.6. The molecule has 1 fully saturated rings. The largest absolute Gasteiger partial charge is 0.497 e. The zero-order valence-electron chi connectivity index (χ0n) is 13.8. The van der Waals surface area contributed by atoms with Crippen molar-refractivity contribution in [2.45, 2.75) is 24.7 Å². The van der Waals surface area contributed by atoms with E-state index in [-0.39, 0.29) is 11.2 Å². The summed E-state index contributed by atoms with van der Waals surface area (Å²) in [6.07, 6.45) is 3.26. The standard InChI is InChI=1S/C19H22FN3O/c1-24-17-5-2-4-16(12-17)23-18(21)22-13-19(10-3-11-19)14-6-8-15(20)9-7-14/h2,4-9,12H,3,10-11,13H2,1H3,(H3,21,22,23). The molecule has 0 amide bonds. The van der Waals surface area contributed by atoms with Crippen LogP contribution >= 0.6 is 0 Å². The first-order valence-corrected chi connectivity index (χ1v) is 8.08. The zero-order valence-corrected chi connectivity index (χ0v) is 13.8. The van der Waals surface area contributed by atoms with Crippen LogP contribution in [0.3, 0.4) is 0 Å². The van der Waals surface area contributed by atoms with Crippen LogP contribution in [0.2, 0.25) is 0 Å². The quantitative estimate of drug-likeness (QED) is 0.650. The third-order valence-electron chi connectivity index (χ3n) is 4.66. The molecule has 2 aromatic rings. The zero-order chi connectivity index (χ0) is 17.0. The van der Waals surface area contributed by atoms with Gasteiger partial charge in [-0.2, -0.15) is 0 Å². The third-order valence-corrected chi connectivity index (χ3v) is 4.66. The Hall–Kier alpha value is -2.56. The van der Waals surface area contributed by atoms with E-state index in [1.807, 2.05) is 36.4 Å². The van der Waals surface area contributed by atoms with Crippen LogP contribution in [0.15, 0.2) is 53.5 Å². The summed E-state index contributed by atoms with van der Waals surface area (Å²) in [5, 5.41) is 3.09. The normalized spacial score (nSPS) is 16.3. The summed E-state index contributed by atoms with van der Waals surface area (Å²) >= 11 is 0. The maximum absolute atomic E-state index is 13.1. The molecule has 3 N–H and O–H groups in total. The van der Waals surface area contributed by atoms with E-state index in [9.17, 15) is 4.39 Å². The van der Waals surface area contributed by atoms with Gasteiger partial charge in [0.05, 0.1) is 13.7 Å². The van der Waals surface area contributed by atoms with E-state index in [1.54, 1.807) is 7.11 Å². The number of anilines is 1. The van der Waals surface area contributed by atoms with Crippen molar-refractivity contribution in [1.82, 2.24) is 0 Å². The predicted octanol–water partition coefficient (Wildman–Crippen LogP) is 3.68. The number of aliphatic imine (C=N–C) groups is 1. The molecule has 0 radical (unpaired) electrons. The molecule has 4 nitrogen and oxygen atoms in total. The highest BCUT2D eigenvalue weighted by Gasteiger charge is 2.38. The molecule has 0 aliphatic heterocycles. The lowest BCUT2D eigenvalue weighted by Gasteiger charge is -2.41. The van der Waals surface area contributed by atoms with Crippen LogP contribution in [0, 0.1) is 5.82 Å². The molecule has 24 heavy (non-hydrogen) atoms. The lowest BCUT2D eigenvalue weighted by Crippen LogP contribution is -2.38. The summed E-state index contributed by atoms with van der Waals surface area (Å²) < 4.78 is 18.3. The fourth-order valence-corrected chi connectivity index (χ4v) is 3.07. The summed E-state index contributed by atoms with van der Waals surface area (Å²) in [4.78, 5) is 4.52. The summed E-state index contributed by atoms with van der Waals surface area (Å²) in [6.45, 7) is 0.599. The van der Waals surface area contributed by atoms with Crippen molar-refractivity contribution in [2.75, 3.05) is 19.0 Å².